The molecular weight excluding hydrogens is 565 g/mol. The van der Waals surface area contributed by atoms with E-state index in [0.29, 0.717) is 6.54 Å². The number of aryl methyl sites for hydroxylation is 2. The smallest absolute Gasteiger partial charge is 0.264 e. The minimum absolute atomic E-state index is 0.0451. The molecule has 0 bridgehead atoms. The molecule has 1 atom stereocenters. The first kappa shape index (κ1) is 31.4. The van der Waals surface area contributed by atoms with Crippen molar-refractivity contribution >= 4 is 27.5 Å². The Morgan fingerprint density at radius 1 is 0.791 bits per heavy atom. The Labute approximate surface area is 253 Å². The highest BCUT2D eigenvalue weighted by Crippen LogP contribution is 2.27. The van der Waals surface area contributed by atoms with E-state index in [4.69, 9.17) is 0 Å². The predicted molar refractivity (Wildman–Crippen MR) is 166 cm³/mol. The second kappa shape index (κ2) is 14.1. The van der Waals surface area contributed by atoms with Crippen LogP contribution < -0.4 is 9.62 Å². The molecule has 4 aromatic carbocycles. The summed E-state index contributed by atoms with van der Waals surface area (Å²) in [6.07, 6.45) is 0.203. The lowest BCUT2D eigenvalue weighted by atomic mass is 10.0. The van der Waals surface area contributed by atoms with Crippen LogP contribution in [-0.4, -0.2) is 44.3 Å². The molecule has 0 saturated heterocycles. The Morgan fingerprint density at radius 3 is 1.98 bits per heavy atom. The number of halogens is 1. The van der Waals surface area contributed by atoms with Crippen molar-refractivity contribution in [2.45, 2.75) is 44.7 Å². The second-order valence-electron chi connectivity index (χ2n) is 10.4. The number of amides is 2. The minimum atomic E-state index is -4.37. The van der Waals surface area contributed by atoms with Crippen molar-refractivity contribution in [3.8, 4) is 0 Å². The summed E-state index contributed by atoms with van der Waals surface area (Å²) < 4.78 is 43.9. The summed E-state index contributed by atoms with van der Waals surface area (Å²) in [4.78, 5) is 29.1. The lowest BCUT2D eigenvalue weighted by Crippen LogP contribution is -2.53. The minimum Gasteiger partial charge on any atom is -0.355 e. The van der Waals surface area contributed by atoms with Crippen LogP contribution in [0.2, 0.25) is 0 Å². The summed E-state index contributed by atoms with van der Waals surface area (Å²) >= 11 is 0. The standard InChI is InChI=1S/C34H36FN3O4S/c1-4-36-34(40)32(22-27-10-6-5-7-11-27)37(23-28-18-14-25(2)15-19-28)33(39)24-38(31-13-9-8-12-30(31)35)43(41,42)29-20-16-26(3)17-21-29/h5-21,32H,4,22-24H2,1-3H3,(H,36,40)/t32-/m0/s1. The van der Waals surface area contributed by atoms with E-state index in [-0.39, 0.29) is 29.5 Å². The van der Waals surface area contributed by atoms with Crippen LogP contribution >= 0.6 is 0 Å². The van der Waals surface area contributed by atoms with Gasteiger partial charge in [-0.1, -0.05) is 90.0 Å². The molecule has 1 N–H and O–H groups in total. The molecule has 0 aliphatic heterocycles. The van der Waals surface area contributed by atoms with Crippen LogP contribution in [0.15, 0.2) is 108 Å². The Bertz CT molecular complexity index is 1640. The van der Waals surface area contributed by atoms with E-state index in [1.54, 1.807) is 19.1 Å². The zero-order valence-corrected chi connectivity index (χ0v) is 25.4. The number of anilines is 1. The molecule has 0 aliphatic rings. The van der Waals surface area contributed by atoms with Crippen LogP contribution in [-0.2, 0) is 32.6 Å². The van der Waals surface area contributed by atoms with Crippen LogP contribution in [0.25, 0.3) is 0 Å². The summed E-state index contributed by atoms with van der Waals surface area (Å²) in [6.45, 7) is 5.24. The first-order chi connectivity index (χ1) is 20.6. The van der Waals surface area contributed by atoms with Crippen molar-refractivity contribution in [2.75, 3.05) is 17.4 Å². The van der Waals surface area contributed by atoms with Gasteiger partial charge in [0.25, 0.3) is 10.0 Å². The van der Waals surface area contributed by atoms with Gasteiger partial charge >= 0.3 is 0 Å². The van der Waals surface area contributed by atoms with Crippen LogP contribution in [0.3, 0.4) is 0 Å². The molecule has 0 aliphatic carbocycles. The number of nitrogens with zero attached hydrogens (tertiary/aromatic N) is 2. The van der Waals surface area contributed by atoms with Crippen molar-refractivity contribution in [2.24, 2.45) is 0 Å². The summed E-state index contributed by atoms with van der Waals surface area (Å²) in [6, 6.07) is 27.5. The Hall–Kier alpha value is -4.50. The van der Waals surface area contributed by atoms with Gasteiger partial charge in [-0.05, 0) is 56.2 Å². The third kappa shape index (κ3) is 7.87. The van der Waals surface area contributed by atoms with Crippen molar-refractivity contribution in [3.05, 3.63) is 131 Å². The van der Waals surface area contributed by atoms with Gasteiger partial charge in [0.2, 0.25) is 11.8 Å². The number of likely N-dealkylation sites (N-methyl/N-ethyl adjacent to an activating group) is 1. The van der Waals surface area contributed by atoms with E-state index in [0.717, 1.165) is 32.6 Å². The van der Waals surface area contributed by atoms with Crippen molar-refractivity contribution in [3.63, 3.8) is 0 Å². The lowest BCUT2D eigenvalue weighted by molar-refractivity contribution is -0.140. The highest BCUT2D eigenvalue weighted by atomic mass is 32.2. The molecule has 0 saturated carbocycles. The normalized spacial score (nSPS) is 11.9. The highest BCUT2D eigenvalue weighted by molar-refractivity contribution is 7.92. The summed E-state index contributed by atoms with van der Waals surface area (Å²) in [5.41, 5.74) is 3.21. The topological polar surface area (TPSA) is 86.8 Å². The zero-order valence-electron chi connectivity index (χ0n) is 24.5. The van der Waals surface area contributed by atoms with Gasteiger partial charge in [-0.2, -0.15) is 0 Å². The number of sulfonamides is 1. The Kier molecular flexibility index (Phi) is 10.3. The van der Waals surface area contributed by atoms with Crippen LogP contribution in [0, 0.1) is 19.7 Å². The predicted octanol–water partition coefficient (Wildman–Crippen LogP) is 5.41. The number of hydrogen-bond acceptors (Lipinski definition) is 4. The number of benzene rings is 4. The lowest BCUT2D eigenvalue weighted by Gasteiger charge is -2.34. The number of carbonyl (C=O) groups is 2. The van der Waals surface area contributed by atoms with E-state index in [1.807, 2.05) is 68.4 Å². The van der Waals surface area contributed by atoms with Crippen molar-refractivity contribution in [1.29, 1.82) is 0 Å². The maximum absolute atomic E-state index is 15.2. The Balaban J connectivity index is 1.80. The van der Waals surface area contributed by atoms with Gasteiger partial charge in [0.05, 0.1) is 10.6 Å². The average molecular weight is 602 g/mol. The van der Waals surface area contributed by atoms with Gasteiger partial charge < -0.3 is 10.2 Å². The van der Waals surface area contributed by atoms with Gasteiger partial charge in [0.15, 0.2) is 0 Å². The summed E-state index contributed by atoms with van der Waals surface area (Å²) in [7, 11) is -4.37. The third-order valence-electron chi connectivity index (χ3n) is 7.10. The Morgan fingerprint density at radius 2 is 1.37 bits per heavy atom. The van der Waals surface area contributed by atoms with Gasteiger partial charge in [-0.3, -0.25) is 13.9 Å². The first-order valence-electron chi connectivity index (χ1n) is 14.1. The van der Waals surface area contributed by atoms with Crippen molar-refractivity contribution in [1.82, 2.24) is 10.2 Å². The molecule has 0 unspecified atom stereocenters. The molecule has 224 valence electrons. The van der Waals surface area contributed by atoms with Gasteiger partial charge in [-0.25, -0.2) is 12.8 Å². The molecule has 4 aromatic rings. The first-order valence-corrected chi connectivity index (χ1v) is 15.5. The second-order valence-corrected chi connectivity index (χ2v) is 12.2. The van der Waals surface area contributed by atoms with E-state index in [2.05, 4.69) is 5.32 Å². The fraction of sp³-hybridized carbons (Fsp3) is 0.235. The third-order valence-corrected chi connectivity index (χ3v) is 8.88. The maximum Gasteiger partial charge on any atom is 0.264 e. The van der Waals surface area contributed by atoms with E-state index >= 15 is 4.39 Å². The monoisotopic (exact) mass is 601 g/mol. The van der Waals surface area contributed by atoms with Crippen molar-refractivity contribution < 1.29 is 22.4 Å². The SMILES string of the molecule is CCNC(=O)[C@H](Cc1ccccc1)N(Cc1ccc(C)cc1)C(=O)CN(c1ccccc1F)S(=O)(=O)c1ccc(C)cc1. The molecule has 9 heteroatoms. The molecule has 7 nitrogen and oxygen atoms in total. The molecule has 43 heavy (non-hydrogen) atoms. The average Bonchev–Trinajstić information content (AvgIpc) is 3.00. The molecular formula is C34H36FN3O4S. The van der Waals surface area contributed by atoms with Crippen LogP contribution in [0.5, 0.6) is 0 Å². The van der Waals surface area contributed by atoms with Gasteiger partial charge in [0.1, 0.15) is 18.4 Å². The quantitative estimate of drug-likeness (QED) is 0.235. The van der Waals surface area contributed by atoms with Gasteiger partial charge in [0, 0.05) is 19.5 Å². The molecule has 4 rings (SSSR count). The zero-order chi connectivity index (χ0) is 31.0. The molecule has 2 amide bonds. The fourth-order valence-electron chi connectivity index (χ4n) is 4.74. The molecule has 0 aromatic heterocycles. The molecule has 0 fully saturated rings. The number of hydrogen-bond donors (Lipinski definition) is 1. The number of carbonyl (C=O) groups excluding carboxylic acids is 2. The highest BCUT2D eigenvalue weighted by Gasteiger charge is 2.35. The van der Waals surface area contributed by atoms with E-state index in [1.165, 1.54) is 35.2 Å². The van der Waals surface area contributed by atoms with E-state index < -0.39 is 34.3 Å². The molecule has 0 radical (unpaired) electrons. The molecule has 0 spiro atoms. The summed E-state index contributed by atoms with van der Waals surface area (Å²) in [5, 5.41) is 2.83. The van der Waals surface area contributed by atoms with Crippen LogP contribution in [0.4, 0.5) is 10.1 Å². The molecule has 0 heterocycles. The number of nitrogens with one attached hydrogen (secondary N) is 1. The fourth-order valence-corrected chi connectivity index (χ4v) is 6.16. The van der Waals surface area contributed by atoms with Gasteiger partial charge in [-0.15, -0.1) is 0 Å². The number of para-hydroxylation sites is 1. The van der Waals surface area contributed by atoms with E-state index in [9.17, 15) is 18.0 Å². The largest absolute Gasteiger partial charge is 0.355 e. The summed E-state index contributed by atoms with van der Waals surface area (Å²) in [5.74, 6) is -1.81. The maximum atomic E-state index is 15.2. The number of rotatable bonds is 12. The van der Waals surface area contributed by atoms with Crippen LogP contribution in [0.1, 0.15) is 29.2 Å².